The van der Waals surface area contributed by atoms with Crippen LogP contribution < -0.4 is 16.0 Å². The molecule has 3 N–H and O–H groups in total. The highest BCUT2D eigenvalue weighted by Crippen LogP contribution is 2.22. The van der Waals surface area contributed by atoms with Crippen LogP contribution in [0.3, 0.4) is 0 Å². The average Bonchev–Trinajstić information content (AvgIpc) is 2.49. The molecule has 22 heavy (non-hydrogen) atoms. The molecule has 0 aliphatic carbocycles. The predicted molar refractivity (Wildman–Crippen MR) is 94.5 cm³/mol. The highest BCUT2D eigenvalue weighted by molar-refractivity contribution is 7.98. The van der Waals surface area contributed by atoms with Crippen molar-refractivity contribution in [2.45, 2.75) is 32.2 Å². The van der Waals surface area contributed by atoms with Crippen LogP contribution in [0.4, 0.5) is 0 Å². The summed E-state index contributed by atoms with van der Waals surface area (Å²) in [5.74, 6) is 0.744. The Balaban J connectivity index is 2.63. The molecule has 0 radical (unpaired) electrons. The zero-order valence-electron chi connectivity index (χ0n) is 13.8. The maximum absolute atomic E-state index is 10.8. The number of rotatable bonds is 7. The van der Waals surface area contributed by atoms with Crippen molar-refractivity contribution in [3.05, 3.63) is 29.3 Å². The van der Waals surface area contributed by atoms with Gasteiger partial charge in [0.1, 0.15) is 0 Å². The van der Waals surface area contributed by atoms with Gasteiger partial charge in [-0.1, -0.05) is 12.1 Å². The van der Waals surface area contributed by atoms with E-state index in [4.69, 9.17) is 0 Å². The molecule has 0 saturated carbocycles. The third kappa shape index (κ3) is 6.85. The number of hydrogen-bond donors (Lipinski definition) is 3. The van der Waals surface area contributed by atoms with Crippen LogP contribution in [-0.4, -0.2) is 37.8 Å². The first-order valence-electron chi connectivity index (χ1n) is 7.47. The number of thioether (sulfide) groups is 1. The molecule has 0 aliphatic heterocycles. The number of aryl methyl sites for hydroxylation is 1. The number of amides is 1. The third-order valence-corrected chi connectivity index (χ3v) is 3.81. The second-order valence-corrected chi connectivity index (χ2v) is 5.77. The van der Waals surface area contributed by atoms with Crippen LogP contribution in [0.15, 0.2) is 28.1 Å². The Hall–Kier alpha value is -1.69. The lowest BCUT2D eigenvalue weighted by Gasteiger charge is -2.12. The number of nitrogens with one attached hydrogen (secondary N) is 3. The van der Waals surface area contributed by atoms with Crippen LogP contribution >= 0.6 is 11.8 Å². The van der Waals surface area contributed by atoms with E-state index in [-0.39, 0.29) is 5.91 Å². The first kappa shape index (κ1) is 18.4. The molecule has 122 valence electrons. The summed E-state index contributed by atoms with van der Waals surface area (Å²) in [7, 11) is 0. The molecule has 0 saturated heterocycles. The lowest BCUT2D eigenvalue weighted by Crippen LogP contribution is -2.41. The summed E-state index contributed by atoms with van der Waals surface area (Å²) in [5, 5.41) is 9.18. The van der Waals surface area contributed by atoms with E-state index in [1.807, 2.05) is 6.92 Å². The lowest BCUT2D eigenvalue weighted by atomic mass is 10.1. The zero-order valence-corrected chi connectivity index (χ0v) is 14.6. The molecule has 6 heteroatoms. The SMILES string of the molecule is CCNC(=NCc1ccc(C)cc1SC)NCCNC(C)=O. The van der Waals surface area contributed by atoms with Gasteiger partial charge in [0, 0.05) is 31.5 Å². The van der Waals surface area contributed by atoms with E-state index in [0.29, 0.717) is 19.6 Å². The topological polar surface area (TPSA) is 65.5 Å². The van der Waals surface area contributed by atoms with Gasteiger partial charge >= 0.3 is 0 Å². The molecule has 0 aliphatic rings. The van der Waals surface area contributed by atoms with Crippen LogP contribution in [-0.2, 0) is 11.3 Å². The van der Waals surface area contributed by atoms with E-state index in [2.05, 4.69) is 52.3 Å². The largest absolute Gasteiger partial charge is 0.357 e. The number of guanidine groups is 1. The van der Waals surface area contributed by atoms with Crippen molar-refractivity contribution in [2.24, 2.45) is 4.99 Å². The van der Waals surface area contributed by atoms with Crippen molar-refractivity contribution in [3.8, 4) is 0 Å². The van der Waals surface area contributed by atoms with Gasteiger partial charge in [0.2, 0.25) is 5.91 Å². The Labute approximate surface area is 137 Å². The third-order valence-electron chi connectivity index (χ3n) is 2.99. The van der Waals surface area contributed by atoms with Crippen molar-refractivity contribution in [1.29, 1.82) is 0 Å². The molecule has 0 fully saturated rings. The first-order chi connectivity index (χ1) is 10.6. The summed E-state index contributed by atoms with van der Waals surface area (Å²) < 4.78 is 0. The molecule has 1 aromatic carbocycles. The minimum atomic E-state index is -0.0204. The molecular weight excluding hydrogens is 296 g/mol. The summed E-state index contributed by atoms with van der Waals surface area (Å²) in [5.41, 5.74) is 2.48. The predicted octanol–water partition coefficient (Wildman–Crippen LogP) is 1.91. The number of aliphatic imine (C=N–C) groups is 1. The van der Waals surface area contributed by atoms with Gasteiger partial charge in [0.25, 0.3) is 0 Å². The fourth-order valence-electron chi connectivity index (χ4n) is 1.91. The summed E-state index contributed by atoms with van der Waals surface area (Å²) in [6.07, 6.45) is 2.08. The number of carbonyl (C=O) groups is 1. The van der Waals surface area contributed by atoms with Gasteiger partial charge in [-0.25, -0.2) is 4.99 Å². The van der Waals surface area contributed by atoms with Crippen molar-refractivity contribution >= 4 is 23.6 Å². The highest BCUT2D eigenvalue weighted by atomic mass is 32.2. The van der Waals surface area contributed by atoms with Gasteiger partial charge in [-0.2, -0.15) is 0 Å². The molecular formula is C16H26N4OS. The maximum atomic E-state index is 10.8. The molecule has 0 bridgehead atoms. The molecule has 0 unspecified atom stereocenters. The summed E-state index contributed by atoms with van der Waals surface area (Å²) in [6.45, 7) is 8.31. The van der Waals surface area contributed by atoms with Crippen molar-refractivity contribution in [2.75, 3.05) is 25.9 Å². The molecule has 0 atom stereocenters. The standard InChI is InChI=1S/C16H26N4OS/c1-5-17-16(19-9-8-18-13(3)21)20-11-14-7-6-12(2)10-15(14)22-4/h6-7,10H,5,8-9,11H2,1-4H3,(H,18,21)(H2,17,19,20). The van der Waals surface area contributed by atoms with Crippen LogP contribution in [0.5, 0.6) is 0 Å². The summed E-state index contributed by atoms with van der Waals surface area (Å²) in [4.78, 5) is 16.7. The number of nitrogens with zero attached hydrogens (tertiary/aromatic N) is 1. The van der Waals surface area contributed by atoms with Gasteiger partial charge in [0.15, 0.2) is 5.96 Å². The number of carbonyl (C=O) groups excluding carboxylic acids is 1. The minimum absolute atomic E-state index is 0.0204. The van der Waals surface area contributed by atoms with E-state index >= 15 is 0 Å². The molecule has 1 aromatic rings. The van der Waals surface area contributed by atoms with Crippen LogP contribution in [0, 0.1) is 6.92 Å². The smallest absolute Gasteiger partial charge is 0.216 e. The molecule has 1 rings (SSSR count). The number of benzene rings is 1. The monoisotopic (exact) mass is 322 g/mol. The van der Waals surface area contributed by atoms with Gasteiger partial charge in [0.05, 0.1) is 6.54 Å². The van der Waals surface area contributed by atoms with Crippen LogP contribution in [0.2, 0.25) is 0 Å². The van der Waals surface area contributed by atoms with Gasteiger partial charge in [-0.15, -0.1) is 11.8 Å². The van der Waals surface area contributed by atoms with E-state index in [0.717, 1.165) is 12.5 Å². The first-order valence-corrected chi connectivity index (χ1v) is 8.69. The molecule has 5 nitrogen and oxygen atoms in total. The Bertz CT molecular complexity index is 517. The Morgan fingerprint density at radius 2 is 1.95 bits per heavy atom. The fraction of sp³-hybridized carbons (Fsp3) is 0.500. The zero-order chi connectivity index (χ0) is 16.4. The number of hydrogen-bond acceptors (Lipinski definition) is 3. The second-order valence-electron chi connectivity index (χ2n) is 4.92. The van der Waals surface area contributed by atoms with Crippen LogP contribution in [0.1, 0.15) is 25.0 Å². The van der Waals surface area contributed by atoms with Gasteiger partial charge in [-0.3, -0.25) is 4.79 Å². The lowest BCUT2D eigenvalue weighted by molar-refractivity contribution is -0.118. The molecule has 0 spiro atoms. The van der Waals surface area contributed by atoms with E-state index in [1.54, 1.807) is 11.8 Å². The van der Waals surface area contributed by atoms with Gasteiger partial charge < -0.3 is 16.0 Å². The highest BCUT2D eigenvalue weighted by Gasteiger charge is 2.03. The second kappa shape index (κ2) is 10.1. The minimum Gasteiger partial charge on any atom is -0.357 e. The Morgan fingerprint density at radius 3 is 2.59 bits per heavy atom. The molecule has 0 aromatic heterocycles. The van der Waals surface area contributed by atoms with Crippen molar-refractivity contribution in [1.82, 2.24) is 16.0 Å². The van der Waals surface area contributed by atoms with Gasteiger partial charge in [-0.05, 0) is 37.3 Å². The quantitative estimate of drug-likeness (QED) is 0.310. The van der Waals surface area contributed by atoms with Crippen molar-refractivity contribution < 1.29 is 4.79 Å². The Kier molecular flexibility index (Phi) is 8.43. The summed E-state index contributed by atoms with van der Waals surface area (Å²) in [6, 6.07) is 6.43. The van der Waals surface area contributed by atoms with E-state index in [9.17, 15) is 4.79 Å². The Morgan fingerprint density at radius 1 is 1.23 bits per heavy atom. The van der Waals surface area contributed by atoms with Crippen molar-refractivity contribution in [3.63, 3.8) is 0 Å². The average molecular weight is 322 g/mol. The molecule has 1 amide bonds. The van der Waals surface area contributed by atoms with E-state index in [1.165, 1.54) is 22.9 Å². The summed E-state index contributed by atoms with van der Waals surface area (Å²) >= 11 is 1.74. The fourth-order valence-corrected chi connectivity index (χ4v) is 2.61. The van der Waals surface area contributed by atoms with E-state index < -0.39 is 0 Å². The normalized spacial score (nSPS) is 11.2. The maximum Gasteiger partial charge on any atom is 0.216 e. The molecule has 0 heterocycles. The van der Waals surface area contributed by atoms with Crippen LogP contribution in [0.25, 0.3) is 0 Å².